The average molecular weight is 293 g/mol. The fourth-order valence-corrected chi connectivity index (χ4v) is 4.71. The summed E-state index contributed by atoms with van der Waals surface area (Å²) in [5, 5.41) is 3.35. The first-order valence-corrected chi connectivity index (χ1v) is 8.84. The van der Waals surface area contributed by atoms with Crippen LogP contribution in [0.25, 0.3) is 0 Å². The van der Waals surface area contributed by atoms with Crippen molar-refractivity contribution in [1.82, 2.24) is 10.2 Å². The highest BCUT2D eigenvalue weighted by molar-refractivity contribution is 5.79. The quantitative estimate of drug-likeness (QED) is 0.815. The second-order valence-electron chi connectivity index (χ2n) is 7.76. The number of rotatable bonds is 2. The molecule has 3 fully saturated rings. The summed E-state index contributed by atoms with van der Waals surface area (Å²) < 4.78 is 0. The van der Waals surface area contributed by atoms with Crippen LogP contribution in [0.15, 0.2) is 0 Å². The first kappa shape index (κ1) is 15.3. The van der Waals surface area contributed by atoms with Crippen LogP contribution in [0.2, 0.25) is 0 Å². The van der Waals surface area contributed by atoms with Crippen molar-refractivity contribution in [3.8, 4) is 0 Å². The molecule has 0 radical (unpaired) electrons. The number of hydrogen-bond acceptors (Lipinski definition) is 3. The van der Waals surface area contributed by atoms with Gasteiger partial charge < -0.3 is 16.0 Å². The van der Waals surface area contributed by atoms with Crippen molar-refractivity contribution in [2.24, 2.45) is 23.5 Å². The highest BCUT2D eigenvalue weighted by atomic mass is 16.2. The summed E-state index contributed by atoms with van der Waals surface area (Å²) in [6, 6.07) is 1.29. The van der Waals surface area contributed by atoms with Crippen LogP contribution in [0.1, 0.15) is 52.4 Å². The van der Waals surface area contributed by atoms with Gasteiger partial charge in [-0.3, -0.25) is 4.79 Å². The van der Waals surface area contributed by atoms with Crippen molar-refractivity contribution >= 4 is 5.91 Å². The molecule has 2 heterocycles. The number of nitrogens with one attached hydrogen (secondary N) is 1. The molecule has 1 amide bonds. The fourth-order valence-electron chi connectivity index (χ4n) is 4.71. The van der Waals surface area contributed by atoms with Gasteiger partial charge in [-0.2, -0.15) is 0 Å². The zero-order chi connectivity index (χ0) is 15.0. The zero-order valence-electron chi connectivity index (χ0n) is 13.6. The van der Waals surface area contributed by atoms with E-state index in [-0.39, 0.29) is 17.9 Å². The third-order valence-corrected chi connectivity index (χ3v) is 6.19. The third kappa shape index (κ3) is 3.26. The third-order valence-electron chi connectivity index (χ3n) is 6.19. The number of amides is 1. The van der Waals surface area contributed by atoms with Gasteiger partial charge in [-0.15, -0.1) is 0 Å². The number of carbonyl (C=O) groups is 1. The smallest absolute Gasteiger partial charge is 0.223 e. The highest BCUT2D eigenvalue weighted by Crippen LogP contribution is 2.33. The molecule has 0 aromatic rings. The standard InChI is InChI=1S/C17H31N3O/c1-11-8-12(2)16(18)10-15(11)17(21)19-13-5-7-20-6-3-4-14(20)9-13/h11-16H,3-10,18H2,1-2H3,(H,19,21). The normalized spacial score (nSPS) is 44.3. The van der Waals surface area contributed by atoms with Crippen LogP contribution in [-0.2, 0) is 4.79 Å². The summed E-state index contributed by atoms with van der Waals surface area (Å²) in [6.45, 7) is 6.85. The minimum absolute atomic E-state index is 0.123. The summed E-state index contributed by atoms with van der Waals surface area (Å²) in [5.74, 6) is 1.40. The topological polar surface area (TPSA) is 58.4 Å². The molecule has 2 aliphatic heterocycles. The number of nitrogens with zero attached hydrogens (tertiary/aromatic N) is 1. The van der Waals surface area contributed by atoms with Gasteiger partial charge in [0.15, 0.2) is 0 Å². The molecule has 0 aromatic carbocycles. The molecule has 3 rings (SSSR count). The summed E-state index contributed by atoms with van der Waals surface area (Å²) in [6.07, 6.45) is 6.85. The van der Waals surface area contributed by atoms with E-state index in [9.17, 15) is 4.79 Å². The van der Waals surface area contributed by atoms with Crippen molar-refractivity contribution < 1.29 is 4.79 Å². The molecule has 4 heteroatoms. The summed E-state index contributed by atoms with van der Waals surface area (Å²) in [5.41, 5.74) is 6.19. The maximum absolute atomic E-state index is 12.6. The minimum Gasteiger partial charge on any atom is -0.353 e. The molecule has 3 N–H and O–H groups in total. The predicted molar refractivity (Wildman–Crippen MR) is 84.8 cm³/mol. The van der Waals surface area contributed by atoms with Gasteiger partial charge in [0.25, 0.3) is 0 Å². The maximum atomic E-state index is 12.6. The van der Waals surface area contributed by atoms with Crippen LogP contribution in [0.5, 0.6) is 0 Å². The van der Waals surface area contributed by atoms with Crippen LogP contribution in [0.4, 0.5) is 0 Å². The van der Waals surface area contributed by atoms with E-state index in [0.717, 1.165) is 38.3 Å². The first-order valence-electron chi connectivity index (χ1n) is 8.84. The Hall–Kier alpha value is -0.610. The molecule has 0 spiro atoms. The number of fused-ring (bicyclic) bond motifs is 1. The van der Waals surface area contributed by atoms with Crippen LogP contribution < -0.4 is 11.1 Å². The summed E-state index contributed by atoms with van der Waals surface area (Å²) in [7, 11) is 0. The van der Waals surface area contributed by atoms with Crippen LogP contribution in [-0.4, -0.2) is 42.0 Å². The van der Waals surface area contributed by atoms with Gasteiger partial charge in [0.1, 0.15) is 0 Å². The first-order chi connectivity index (χ1) is 10.0. The second-order valence-corrected chi connectivity index (χ2v) is 7.76. The lowest BCUT2D eigenvalue weighted by molar-refractivity contribution is -0.129. The fraction of sp³-hybridized carbons (Fsp3) is 0.941. The molecule has 3 aliphatic rings. The Balaban J connectivity index is 1.54. The Kier molecular flexibility index (Phi) is 4.55. The molecule has 2 saturated heterocycles. The van der Waals surface area contributed by atoms with Crippen molar-refractivity contribution in [2.45, 2.75) is 70.5 Å². The van der Waals surface area contributed by atoms with E-state index in [4.69, 9.17) is 5.73 Å². The monoisotopic (exact) mass is 293 g/mol. The van der Waals surface area contributed by atoms with E-state index in [1.165, 1.54) is 19.4 Å². The summed E-state index contributed by atoms with van der Waals surface area (Å²) in [4.78, 5) is 15.2. The molecule has 0 aromatic heterocycles. The molecule has 21 heavy (non-hydrogen) atoms. The van der Waals surface area contributed by atoms with Gasteiger partial charge in [0.05, 0.1) is 0 Å². The van der Waals surface area contributed by atoms with Crippen LogP contribution in [0, 0.1) is 17.8 Å². The lowest BCUT2D eigenvalue weighted by atomic mass is 9.72. The molecule has 1 aliphatic carbocycles. The number of hydrogen-bond donors (Lipinski definition) is 2. The Morgan fingerprint density at radius 1 is 1.10 bits per heavy atom. The average Bonchev–Trinajstić information content (AvgIpc) is 2.90. The Morgan fingerprint density at radius 3 is 2.71 bits per heavy atom. The second kappa shape index (κ2) is 6.25. The molecule has 6 unspecified atom stereocenters. The zero-order valence-corrected chi connectivity index (χ0v) is 13.6. The van der Waals surface area contributed by atoms with E-state index >= 15 is 0 Å². The van der Waals surface area contributed by atoms with Crippen LogP contribution in [0.3, 0.4) is 0 Å². The number of carbonyl (C=O) groups excluding carboxylic acids is 1. The van der Waals surface area contributed by atoms with Crippen molar-refractivity contribution in [1.29, 1.82) is 0 Å². The van der Waals surface area contributed by atoms with E-state index < -0.39 is 0 Å². The molecular weight excluding hydrogens is 262 g/mol. The number of nitrogens with two attached hydrogens (primary N) is 1. The summed E-state index contributed by atoms with van der Waals surface area (Å²) >= 11 is 0. The molecule has 1 saturated carbocycles. The van der Waals surface area contributed by atoms with E-state index in [1.807, 2.05) is 0 Å². The Bertz CT molecular complexity index is 386. The van der Waals surface area contributed by atoms with Crippen molar-refractivity contribution in [3.05, 3.63) is 0 Å². The molecular formula is C17H31N3O. The van der Waals surface area contributed by atoms with Gasteiger partial charge >= 0.3 is 0 Å². The van der Waals surface area contributed by atoms with Gasteiger partial charge in [0.2, 0.25) is 5.91 Å². The highest BCUT2D eigenvalue weighted by Gasteiger charge is 2.37. The predicted octanol–water partition coefficient (Wildman–Crippen LogP) is 1.74. The molecule has 4 nitrogen and oxygen atoms in total. The SMILES string of the molecule is CC1CC(C)C(C(=O)NC2CCN3CCCC3C2)CC1N. The minimum atomic E-state index is 0.123. The molecule has 0 bridgehead atoms. The van der Waals surface area contributed by atoms with Gasteiger partial charge in [-0.05, 0) is 56.9 Å². The lowest BCUT2D eigenvalue weighted by Crippen LogP contribution is -2.51. The van der Waals surface area contributed by atoms with E-state index in [2.05, 4.69) is 24.1 Å². The van der Waals surface area contributed by atoms with E-state index in [1.54, 1.807) is 0 Å². The lowest BCUT2D eigenvalue weighted by Gasteiger charge is -2.39. The van der Waals surface area contributed by atoms with E-state index in [0.29, 0.717) is 17.9 Å². The molecule has 120 valence electrons. The Labute approximate surface area is 128 Å². The Morgan fingerprint density at radius 2 is 1.90 bits per heavy atom. The van der Waals surface area contributed by atoms with Gasteiger partial charge in [-0.25, -0.2) is 0 Å². The molecule has 6 atom stereocenters. The number of piperidine rings is 1. The van der Waals surface area contributed by atoms with Gasteiger partial charge in [0, 0.05) is 30.6 Å². The van der Waals surface area contributed by atoms with Crippen LogP contribution >= 0.6 is 0 Å². The van der Waals surface area contributed by atoms with Gasteiger partial charge in [-0.1, -0.05) is 13.8 Å². The van der Waals surface area contributed by atoms with Crippen molar-refractivity contribution in [2.75, 3.05) is 13.1 Å². The maximum Gasteiger partial charge on any atom is 0.223 e. The largest absolute Gasteiger partial charge is 0.353 e. The van der Waals surface area contributed by atoms with Crippen molar-refractivity contribution in [3.63, 3.8) is 0 Å².